The lowest BCUT2D eigenvalue weighted by molar-refractivity contribution is 1.06. The summed E-state index contributed by atoms with van der Waals surface area (Å²) in [4.78, 5) is 16.4. The van der Waals surface area contributed by atoms with Crippen molar-refractivity contribution in [2.24, 2.45) is 0 Å². The van der Waals surface area contributed by atoms with Crippen LogP contribution in [0.4, 0.5) is 0 Å². The van der Waals surface area contributed by atoms with Crippen LogP contribution in [0.1, 0.15) is 11.4 Å². The zero-order valence-corrected chi connectivity index (χ0v) is 6.94. The highest BCUT2D eigenvalue weighted by Crippen LogP contribution is 2.06. The van der Waals surface area contributed by atoms with E-state index < -0.39 is 0 Å². The quantitative estimate of drug-likeness (QED) is 0.577. The molecule has 4 nitrogen and oxygen atoms in total. The molecule has 0 radical (unpaired) electrons. The average Bonchev–Trinajstić information content (AvgIpc) is 2.07. The van der Waals surface area contributed by atoms with E-state index >= 15 is 0 Å². The summed E-state index contributed by atoms with van der Waals surface area (Å²) in [5, 5.41) is 0. The Kier molecular flexibility index (Phi) is 1.46. The number of nitrogens with zero attached hydrogens (tertiary/aromatic N) is 4. The predicted octanol–water partition coefficient (Wildman–Crippen LogP) is 1.04. The van der Waals surface area contributed by atoms with Gasteiger partial charge in [-0.1, -0.05) is 0 Å². The molecule has 0 aliphatic carbocycles. The molecule has 0 bridgehead atoms. The van der Waals surface area contributed by atoms with Crippen LogP contribution in [-0.2, 0) is 0 Å². The van der Waals surface area contributed by atoms with Crippen LogP contribution in [0.3, 0.4) is 0 Å². The number of rotatable bonds is 0. The van der Waals surface area contributed by atoms with E-state index in [4.69, 9.17) is 0 Å². The summed E-state index contributed by atoms with van der Waals surface area (Å²) < 4.78 is 0. The zero-order valence-electron chi connectivity index (χ0n) is 6.94. The van der Waals surface area contributed by atoms with Gasteiger partial charge >= 0.3 is 0 Å². The summed E-state index contributed by atoms with van der Waals surface area (Å²) in [6, 6.07) is 0. The lowest BCUT2D eigenvalue weighted by atomic mass is 10.3. The van der Waals surface area contributed by atoms with E-state index in [0.717, 1.165) is 16.9 Å². The highest BCUT2D eigenvalue weighted by Gasteiger charge is 2.00. The van der Waals surface area contributed by atoms with Gasteiger partial charge in [-0.15, -0.1) is 0 Å². The van der Waals surface area contributed by atoms with Crippen molar-refractivity contribution in [1.82, 2.24) is 19.9 Å². The zero-order chi connectivity index (χ0) is 8.55. The van der Waals surface area contributed by atoms with Crippen LogP contribution in [0, 0.1) is 13.8 Å². The summed E-state index contributed by atoms with van der Waals surface area (Å²) >= 11 is 0. The third-order valence-corrected chi connectivity index (χ3v) is 1.76. The van der Waals surface area contributed by atoms with Crippen LogP contribution < -0.4 is 0 Å². The fourth-order valence-corrected chi connectivity index (χ4v) is 0.982. The van der Waals surface area contributed by atoms with E-state index in [1.165, 1.54) is 6.33 Å². The van der Waals surface area contributed by atoms with E-state index in [-0.39, 0.29) is 0 Å². The number of hydrogen-bond donors (Lipinski definition) is 0. The number of hydrogen-bond acceptors (Lipinski definition) is 4. The van der Waals surface area contributed by atoms with Crippen LogP contribution >= 0.6 is 0 Å². The molecule has 4 heteroatoms. The fraction of sp³-hybridized carbons (Fsp3) is 0.250. The molecule has 0 aromatic carbocycles. The summed E-state index contributed by atoms with van der Waals surface area (Å²) in [5.74, 6) is 0. The molecule has 2 aromatic heterocycles. The van der Waals surface area contributed by atoms with Gasteiger partial charge < -0.3 is 0 Å². The molecule has 0 fully saturated rings. The lowest BCUT2D eigenvalue weighted by Crippen LogP contribution is -1.95. The maximum Gasteiger partial charge on any atom is 0.181 e. The second-order valence-corrected chi connectivity index (χ2v) is 2.63. The first kappa shape index (κ1) is 7.09. The van der Waals surface area contributed by atoms with Gasteiger partial charge in [-0.25, -0.2) is 19.9 Å². The first-order chi connectivity index (χ1) is 5.77. The Hall–Kier alpha value is -1.58. The van der Waals surface area contributed by atoms with Gasteiger partial charge in [0, 0.05) is 0 Å². The van der Waals surface area contributed by atoms with Crippen LogP contribution in [-0.4, -0.2) is 19.9 Å². The molecule has 2 rings (SSSR count). The molecule has 0 atom stereocenters. The Bertz CT molecular complexity index is 384. The minimum atomic E-state index is 0.660. The molecule has 0 N–H and O–H groups in total. The predicted molar refractivity (Wildman–Crippen MR) is 44.6 cm³/mol. The SMILES string of the molecule is Cc1nc2cncnc2nc1C. The topological polar surface area (TPSA) is 51.6 Å². The normalized spacial score (nSPS) is 10.5. The minimum absolute atomic E-state index is 0.660. The molecule has 0 amide bonds. The van der Waals surface area contributed by atoms with Gasteiger partial charge in [0.25, 0.3) is 0 Å². The molecule has 0 saturated carbocycles. The molecule has 0 saturated heterocycles. The molecule has 2 heterocycles. The molecular weight excluding hydrogens is 152 g/mol. The molecule has 0 unspecified atom stereocenters. The van der Waals surface area contributed by atoms with E-state index in [1.54, 1.807) is 6.20 Å². The third kappa shape index (κ3) is 1.01. The van der Waals surface area contributed by atoms with E-state index in [1.807, 2.05) is 13.8 Å². The molecule has 0 aliphatic heterocycles. The first-order valence-corrected chi connectivity index (χ1v) is 3.68. The molecule has 2 aromatic rings. The summed E-state index contributed by atoms with van der Waals surface area (Å²) in [6.45, 7) is 3.85. The standard InChI is InChI=1S/C8H8N4/c1-5-6(2)12-8-7(11-5)3-9-4-10-8/h3-4H,1-2H3. The van der Waals surface area contributed by atoms with Crippen LogP contribution in [0.2, 0.25) is 0 Å². The van der Waals surface area contributed by atoms with Crippen molar-refractivity contribution in [3.63, 3.8) is 0 Å². The minimum Gasteiger partial charge on any atom is -0.246 e. The van der Waals surface area contributed by atoms with Crippen LogP contribution in [0.25, 0.3) is 11.2 Å². The van der Waals surface area contributed by atoms with Crippen molar-refractivity contribution in [2.75, 3.05) is 0 Å². The maximum absolute atomic E-state index is 4.29. The average molecular weight is 160 g/mol. The number of aryl methyl sites for hydroxylation is 2. The van der Waals surface area contributed by atoms with Crippen LogP contribution in [0.15, 0.2) is 12.5 Å². The van der Waals surface area contributed by atoms with Gasteiger partial charge in [0.1, 0.15) is 11.8 Å². The summed E-state index contributed by atoms with van der Waals surface area (Å²) in [5.41, 5.74) is 3.26. The fourth-order valence-electron chi connectivity index (χ4n) is 0.982. The molecule has 0 aliphatic rings. The molecule has 60 valence electrons. The van der Waals surface area contributed by atoms with Crippen molar-refractivity contribution in [3.8, 4) is 0 Å². The third-order valence-electron chi connectivity index (χ3n) is 1.76. The van der Waals surface area contributed by atoms with Gasteiger partial charge in [-0.3, -0.25) is 0 Å². The van der Waals surface area contributed by atoms with E-state index in [2.05, 4.69) is 19.9 Å². The highest BCUT2D eigenvalue weighted by molar-refractivity contribution is 5.67. The van der Waals surface area contributed by atoms with Crippen molar-refractivity contribution < 1.29 is 0 Å². The monoisotopic (exact) mass is 160 g/mol. The Balaban J connectivity index is 2.84. The Morgan fingerprint density at radius 3 is 2.67 bits per heavy atom. The van der Waals surface area contributed by atoms with Crippen molar-refractivity contribution in [1.29, 1.82) is 0 Å². The second-order valence-electron chi connectivity index (χ2n) is 2.63. The number of aromatic nitrogens is 4. The molecule has 12 heavy (non-hydrogen) atoms. The van der Waals surface area contributed by atoms with Gasteiger partial charge in [0.2, 0.25) is 0 Å². The Morgan fingerprint density at radius 2 is 1.83 bits per heavy atom. The second kappa shape index (κ2) is 2.48. The van der Waals surface area contributed by atoms with Gasteiger partial charge in [-0.05, 0) is 13.8 Å². The van der Waals surface area contributed by atoms with E-state index in [0.29, 0.717) is 5.65 Å². The highest BCUT2D eigenvalue weighted by atomic mass is 15.0. The Morgan fingerprint density at radius 1 is 1.08 bits per heavy atom. The van der Waals surface area contributed by atoms with Crippen LogP contribution in [0.5, 0.6) is 0 Å². The number of fused-ring (bicyclic) bond motifs is 1. The van der Waals surface area contributed by atoms with Gasteiger partial charge in [0.05, 0.1) is 17.6 Å². The van der Waals surface area contributed by atoms with Gasteiger partial charge in [-0.2, -0.15) is 0 Å². The largest absolute Gasteiger partial charge is 0.246 e. The van der Waals surface area contributed by atoms with Gasteiger partial charge in [0.15, 0.2) is 5.65 Å². The van der Waals surface area contributed by atoms with Crippen molar-refractivity contribution >= 4 is 11.2 Å². The first-order valence-electron chi connectivity index (χ1n) is 3.68. The lowest BCUT2D eigenvalue weighted by Gasteiger charge is -1.99. The summed E-state index contributed by atoms with van der Waals surface area (Å²) in [7, 11) is 0. The summed E-state index contributed by atoms with van der Waals surface area (Å²) in [6.07, 6.45) is 3.15. The molecule has 0 spiro atoms. The van der Waals surface area contributed by atoms with Crippen molar-refractivity contribution in [2.45, 2.75) is 13.8 Å². The van der Waals surface area contributed by atoms with Crippen molar-refractivity contribution in [3.05, 3.63) is 23.9 Å². The maximum atomic E-state index is 4.29. The smallest absolute Gasteiger partial charge is 0.181 e. The van der Waals surface area contributed by atoms with E-state index in [9.17, 15) is 0 Å². The molecular formula is C8H8N4. The Labute approximate surface area is 69.7 Å².